The first-order valence-electron chi connectivity index (χ1n) is 8.14. The van der Waals surface area contributed by atoms with E-state index < -0.39 is 5.91 Å². The number of primary amides is 1. The fourth-order valence-corrected chi connectivity index (χ4v) is 2.72. The van der Waals surface area contributed by atoms with Crippen molar-refractivity contribution in [2.45, 2.75) is 12.8 Å². The van der Waals surface area contributed by atoms with Gasteiger partial charge < -0.3 is 10.6 Å². The van der Waals surface area contributed by atoms with Crippen molar-refractivity contribution in [2.75, 3.05) is 13.1 Å². The van der Waals surface area contributed by atoms with E-state index in [4.69, 9.17) is 29.6 Å². The monoisotopic (exact) mass is 389 g/mol. The molecule has 0 atom stereocenters. The Balaban J connectivity index is 2.00. The summed E-state index contributed by atoms with van der Waals surface area (Å²) < 4.78 is 0. The summed E-state index contributed by atoms with van der Waals surface area (Å²) in [7, 11) is 0. The Labute approximate surface area is 163 Å². The molecule has 0 aliphatic rings. The highest BCUT2D eigenvalue weighted by Crippen LogP contribution is 2.10. The molecular formula is C19H20ClN3O2S. The van der Waals surface area contributed by atoms with E-state index in [1.54, 1.807) is 29.2 Å². The molecule has 136 valence electrons. The predicted molar refractivity (Wildman–Crippen MR) is 107 cm³/mol. The summed E-state index contributed by atoms with van der Waals surface area (Å²) in [5, 5.41) is 3.52. The second-order valence-corrected chi connectivity index (χ2v) is 6.53. The molecule has 5 nitrogen and oxygen atoms in total. The number of benzene rings is 2. The third-order valence-corrected chi connectivity index (χ3v) is 4.37. The number of amides is 2. The standard InChI is InChI=1S/C19H20ClN3O2S/c20-16-8-6-15(7-9-16)18(25)22-19(26)23(13-11-17(21)24)12-10-14-4-2-1-3-5-14/h1-9H,10-13H2,(H2,21,24)(H,22,25,26). The number of rotatable bonds is 7. The minimum absolute atomic E-state index is 0.158. The van der Waals surface area contributed by atoms with Crippen LogP contribution in [0.2, 0.25) is 5.02 Å². The Morgan fingerprint density at radius 2 is 1.69 bits per heavy atom. The van der Waals surface area contributed by atoms with Gasteiger partial charge in [-0.15, -0.1) is 0 Å². The molecule has 0 aliphatic carbocycles. The zero-order valence-electron chi connectivity index (χ0n) is 14.2. The molecule has 26 heavy (non-hydrogen) atoms. The third-order valence-electron chi connectivity index (χ3n) is 3.76. The first kappa shape index (κ1) is 19.9. The molecule has 2 rings (SSSR count). The topological polar surface area (TPSA) is 75.4 Å². The van der Waals surface area contributed by atoms with E-state index >= 15 is 0 Å². The van der Waals surface area contributed by atoms with Gasteiger partial charge in [0.05, 0.1) is 0 Å². The summed E-state index contributed by atoms with van der Waals surface area (Å²) in [6.45, 7) is 0.916. The van der Waals surface area contributed by atoms with Crippen molar-refractivity contribution in [2.24, 2.45) is 5.73 Å². The van der Waals surface area contributed by atoms with Crippen LogP contribution in [0, 0.1) is 0 Å². The molecular weight excluding hydrogens is 370 g/mol. The second kappa shape index (κ2) is 9.89. The lowest BCUT2D eigenvalue weighted by molar-refractivity contribution is -0.118. The molecule has 0 bridgehead atoms. The fourth-order valence-electron chi connectivity index (χ4n) is 2.32. The van der Waals surface area contributed by atoms with Crippen molar-refractivity contribution >= 4 is 40.7 Å². The van der Waals surface area contributed by atoms with E-state index in [0.29, 0.717) is 23.7 Å². The second-order valence-electron chi connectivity index (χ2n) is 5.71. The first-order valence-corrected chi connectivity index (χ1v) is 8.92. The normalized spacial score (nSPS) is 10.2. The van der Waals surface area contributed by atoms with Gasteiger partial charge in [0.1, 0.15) is 0 Å². The van der Waals surface area contributed by atoms with Crippen LogP contribution in [0.15, 0.2) is 54.6 Å². The first-order chi connectivity index (χ1) is 12.5. The number of hydrogen-bond donors (Lipinski definition) is 2. The summed E-state index contributed by atoms with van der Waals surface area (Å²) in [6, 6.07) is 16.4. The number of hydrogen-bond acceptors (Lipinski definition) is 3. The van der Waals surface area contributed by atoms with Crippen LogP contribution in [0.1, 0.15) is 22.3 Å². The molecule has 7 heteroatoms. The molecule has 0 heterocycles. The quantitative estimate of drug-likeness (QED) is 0.714. The zero-order valence-corrected chi connectivity index (χ0v) is 15.7. The predicted octanol–water partition coefficient (Wildman–Crippen LogP) is 2.77. The lowest BCUT2D eigenvalue weighted by Gasteiger charge is -2.25. The van der Waals surface area contributed by atoms with Crippen LogP contribution in [-0.2, 0) is 11.2 Å². The van der Waals surface area contributed by atoms with Crippen LogP contribution in [-0.4, -0.2) is 34.9 Å². The van der Waals surface area contributed by atoms with Gasteiger partial charge in [0.2, 0.25) is 5.91 Å². The lowest BCUT2D eigenvalue weighted by Crippen LogP contribution is -2.44. The maximum absolute atomic E-state index is 12.3. The van der Waals surface area contributed by atoms with Gasteiger partial charge in [-0.2, -0.15) is 0 Å². The molecule has 0 aliphatic heterocycles. The van der Waals surface area contributed by atoms with Gasteiger partial charge in [0.25, 0.3) is 5.91 Å². The number of nitrogens with two attached hydrogens (primary N) is 1. The lowest BCUT2D eigenvalue weighted by atomic mass is 10.1. The summed E-state index contributed by atoms with van der Waals surface area (Å²) in [6.07, 6.45) is 0.891. The third kappa shape index (κ3) is 6.46. The molecule has 0 spiro atoms. The Hall–Kier alpha value is -2.44. The number of halogens is 1. The van der Waals surface area contributed by atoms with Gasteiger partial charge in [-0.25, -0.2) is 0 Å². The molecule has 2 aromatic carbocycles. The smallest absolute Gasteiger partial charge is 0.257 e. The Morgan fingerprint density at radius 1 is 1.04 bits per heavy atom. The Kier molecular flexibility index (Phi) is 7.56. The Morgan fingerprint density at radius 3 is 2.31 bits per heavy atom. The van der Waals surface area contributed by atoms with Gasteiger partial charge in [-0.3, -0.25) is 14.9 Å². The highest BCUT2D eigenvalue weighted by Gasteiger charge is 2.15. The average molecular weight is 390 g/mol. The summed E-state index contributed by atoms with van der Waals surface area (Å²) >= 11 is 11.2. The summed E-state index contributed by atoms with van der Waals surface area (Å²) in [4.78, 5) is 25.2. The maximum atomic E-state index is 12.3. The molecule has 3 N–H and O–H groups in total. The SMILES string of the molecule is NC(=O)CCN(CCc1ccccc1)C(=S)NC(=O)c1ccc(Cl)cc1. The van der Waals surface area contributed by atoms with E-state index in [-0.39, 0.29) is 17.4 Å². The van der Waals surface area contributed by atoms with E-state index in [0.717, 1.165) is 12.0 Å². The minimum atomic E-state index is -0.415. The molecule has 0 aromatic heterocycles. The molecule has 0 fully saturated rings. The number of nitrogens with zero attached hydrogens (tertiary/aromatic N) is 1. The van der Waals surface area contributed by atoms with Crippen molar-refractivity contribution in [3.8, 4) is 0 Å². The molecule has 0 saturated carbocycles. The van der Waals surface area contributed by atoms with Crippen molar-refractivity contribution in [3.05, 3.63) is 70.7 Å². The highest BCUT2D eigenvalue weighted by molar-refractivity contribution is 7.80. The Bertz CT molecular complexity index is 766. The maximum Gasteiger partial charge on any atom is 0.257 e. The number of thiocarbonyl (C=S) groups is 1. The number of carbonyl (C=O) groups excluding carboxylic acids is 2. The number of nitrogens with one attached hydrogen (secondary N) is 1. The molecule has 2 amide bonds. The van der Waals surface area contributed by atoms with Gasteiger partial charge in [0, 0.05) is 30.1 Å². The van der Waals surface area contributed by atoms with Crippen LogP contribution in [0.3, 0.4) is 0 Å². The van der Waals surface area contributed by atoms with Crippen molar-refractivity contribution in [3.63, 3.8) is 0 Å². The van der Waals surface area contributed by atoms with E-state index in [1.165, 1.54) is 0 Å². The van der Waals surface area contributed by atoms with Gasteiger partial charge in [-0.1, -0.05) is 41.9 Å². The molecule has 0 saturated heterocycles. The summed E-state index contributed by atoms with van der Waals surface area (Å²) in [5.74, 6) is -0.739. The zero-order chi connectivity index (χ0) is 18.9. The van der Waals surface area contributed by atoms with Crippen LogP contribution >= 0.6 is 23.8 Å². The molecule has 0 unspecified atom stereocenters. The number of carbonyl (C=O) groups is 2. The van der Waals surface area contributed by atoms with Crippen molar-refractivity contribution < 1.29 is 9.59 Å². The van der Waals surface area contributed by atoms with Gasteiger partial charge >= 0.3 is 0 Å². The van der Waals surface area contributed by atoms with E-state index in [2.05, 4.69) is 5.32 Å². The molecule has 2 aromatic rings. The highest BCUT2D eigenvalue weighted by atomic mass is 35.5. The largest absolute Gasteiger partial charge is 0.370 e. The van der Waals surface area contributed by atoms with Crippen molar-refractivity contribution in [1.29, 1.82) is 0 Å². The van der Waals surface area contributed by atoms with E-state index in [1.807, 2.05) is 30.3 Å². The van der Waals surface area contributed by atoms with Crippen LogP contribution in [0.4, 0.5) is 0 Å². The molecule has 0 radical (unpaired) electrons. The summed E-state index contributed by atoms with van der Waals surface area (Å²) in [5.41, 5.74) is 6.84. The van der Waals surface area contributed by atoms with Crippen LogP contribution in [0.5, 0.6) is 0 Å². The fraction of sp³-hybridized carbons (Fsp3) is 0.211. The average Bonchev–Trinajstić information content (AvgIpc) is 2.62. The van der Waals surface area contributed by atoms with Crippen molar-refractivity contribution in [1.82, 2.24) is 10.2 Å². The van der Waals surface area contributed by atoms with Gasteiger partial charge in [-0.05, 0) is 48.5 Å². The minimum Gasteiger partial charge on any atom is -0.370 e. The van der Waals surface area contributed by atoms with Crippen LogP contribution < -0.4 is 11.1 Å². The van der Waals surface area contributed by atoms with Gasteiger partial charge in [0.15, 0.2) is 5.11 Å². The van der Waals surface area contributed by atoms with Crippen LogP contribution in [0.25, 0.3) is 0 Å². The van der Waals surface area contributed by atoms with E-state index in [9.17, 15) is 9.59 Å².